The second kappa shape index (κ2) is 9.89. The molecule has 0 spiro atoms. The van der Waals surface area contributed by atoms with Gasteiger partial charge in [0, 0.05) is 19.2 Å². The lowest BCUT2D eigenvalue weighted by atomic mass is 9.72. The molecule has 0 atom stereocenters. The van der Waals surface area contributed by atoms with Crippen LogP contribution in [0.2, 0.25) is 0 Å². The Morgan fingerprint density at radius 2 is 2.00 bits per heavy atom. The number of ether oxygens (including phenoxy) is 1. The van der Waals surface area contributed by atoms with Crippen LogP contribution >= 0.6 is 0 Å². The zero-order valence-corrected chi connectivity index (χ0v) is 17.8. The Kier molecular flexibility index (Phi) is 8.52. The number of aliphatic imine (C=N–C) groups is 1. The molecule has 1 aliphatic carbocycles. The molecule has 0 fully saturated rings. The molecule has 0 aliphatic heterocycles. The van der Waals surface area contributed by atoms with Crippen LogP contribution in [0, 0.1) is 5.41 Å². The average molecular weight is 360 g/mol. The van der Waals surface area contributed by atoms with E-state index in [2.05, 4.69) is 44.8 Å². The molecule has 0 N–H and O–H groups in total. The second-order valence-electron chi connectivity index (χ2n) is 8.92. The van der Waals surface area contributed by atoms with Gasteiger partial charge in [-0.2, -0.15) is 0 Å². The molecule has 1 rings (SSSR count). The predicted molar refractivity (Wildman–Crippen MR) is 112 cm³/mol. The van der Waals surface area contributed by atoms with Gasteiger partial charge in [0.05, 0.1) is 0 Å². The topological polar surface area (TPSA) is 38.7 Å². The first-order valence-corrected chi connectivity index (χ1v) is 9.78. The zero-order valence-electron chi connectivity index (χ0n) is 17.8. The number of rotatable bonds is 7. The summed E-state index contributed by atoms with van der Waals surface area (Å²) in [4.78, 5) is 16.0. The van der Waals surface area contributed by atoms with Crippen LogP contribution in [0.5, 0.6) is 0 Å². The Hall–Kier alpha value is -1.64. The second-order valence-corrected chi connectivity index (χ2v) is 8.92. The summed E-state index contributed by atoms with van der Waals surface area (Å²) < 4.78 is 5.28. The van der Waals surface area contributed by atoms with Crippen molar-refractivity contribution in [3.05, 3.63) is 34.9 Å². The van der Waals surface area contributed by atoms with E-state index in [1.54, 1.807) is 0 Å². The Morgan fingerprint density at radius 3 is 2.62 bits per heavy atom. The van der Waals surface area contributed by atoms with Crippen LogP contribution in [0.1, 0.15) is 80.6 Å². The molecule has 0 radical (unpaired) electrons. The maximum atomic E-state index is 11.6. The summed E-state index contributed by atoms with van der Waals surface area (Å²) in [6, 6.07) is 0. The molecule has 0 saturated carbocycles. The molecule has 3 nitrogen and oxygen atoms in total. The van der Waals surface area contributed by atoms with Gasteiger partial charge in [0.25, 0.3) is 0 Å². The van der Waals surface area contributed by atoms with Crippen molar-refractivity contribution < 1.29 is 9.53 Å². The third-order valence-corrected chi connectivity index (χ3v) is 4.59. The molecule has 0 aromatic rings. The summed E-state index contributed by atoms with van der Waals surface area (Å²) in [6.07, 6.45) is 13.2. The molecule has 146 valence electrons. The van der Waals surface area contributed by atoms with Gasteiger partial charge < -0.3 is 4.74 Å². The zero-order chi connectivity index (χ0) is 19.8. The van der Waals surface area contributed by atoms with Gasteiger partial charge >= 0.3 is 5.97 Å². The minimum Gasteiger partial charge on any atom is -0.460 e. The third-order valence-electron chi connectivity index (χ3n) is 4.59. The van der Waals surface area contributed by atoms with E-state index in [9.17, 15) is 4.79 Å². The first kappa shape index (κ1) is 22.4. The van der Waals surface area contributed by atoms with Crippen molar-refractivity contribution in [2.75, 3.05) is 6.54 Å². The molecule has 0 aromatic heterocycles. The number of esters is 1. The largest absolute Gasteiger partial charge is 0.460 e. The molecule has 26 heavy (non-hydrogen) atoms. The number of hydrogen-bond acceptors (Lipinski definition) is 3. The summed E-state index contributed by atoms with van der Waals surface area (Å²) in [5, 5.41) is 0. The van der Waals surface area contributed by atoms with Crippen molar-refractivity contribution in [2.45, 2.75) is 86.2 Å². The van der Waals surface area contributed by atoms with Gasteiger partial charge in [-0.3, -0.25) is 9.79 Å². The SMILES string of the molecule is CC1=C(/C=C/C(C)=C/C=NCCCC(=O)OC(C)(C)C)C(C)(C)CCC1. The fourth-order valence-corrected chi connectivity index (χ4v) is 3.23. The van der Waals surface area contributed by atoms with Crippen LogP contribution in [-0.2, 0) is 9.53 Å². The molecule has 1 aliphatic rings. The van der Waals surface area contributed by atoms with Crippen molar-refractivity contribution in [3.8, 4) is 0 Å². The van der Waals surface area contributed by atoms with Crippen LogP contribution in [-0.4, -0.2) is 24.3 Å². The molecular weight excluding hydrogens is 322 g/mol. The van der Waals surface area contributed by atoms with Crippen LogP contribution in [0.4, 0.5) is 0 Å². The summed E-state index contributed by atoms with van der Waals surface area (Å²) >= 11 is 0. The van der Waals surface area contributed by atoms with E-state index in [4.69, 9.17) is 4.74 Å². The maximum absolute atomic E-state index is 11.6. The lowest BCUT2D eigenvalue weighted by Gasteiger charge is -2.32. The summed E-state index contributed by atoms with van der Waals surface area (Å²) in [5.41, 5.74) is 4.04. The first-order valence-electron chi connectivity index (χ1n) is 9.78. The normalized spacial score (nSPS) is 18.8. The quantitative estimate of drug-likeness (QED) is 0.235. The highest BCUT2D eigenvalue weighted by Crippen LogP contribution is 2.40. The lowest BCUT2D eigenvalue weighted by Crippen LogP contribution is -2.23. The number of carbonyl (C=O) groups is 1. The smallest absolute Gasteiger partial charge is 0.306 e. The molecule has 0 unspecified atom stereocenters. The van der Waals surface area contributed by atoms with E-state index in [-0.39, 0.29) is 11.4 Å². The first-order chi connectivity index (χ1) is 12.0. The van der Waals surface area contributed by atoms with Gasteiger partial charge in [0.1, 0.15) is 5.60 Å². The van der Waals surface area contributed by atoms with E-state index < -0.39 is 5.60 Å². The van der Waals surface area contributed by atoms with Crippen molar-refractivity contribution in [1.29, 1.82) is 0 Å². The number of allylic oxidation sites excluding steroid dienone is 6. The van der Waals surface area contributed by atoms with Gasteiger partial charge in [0.2, 0.25) is 0 Å². The molecule has 0 bridgehead atoms. The number of hydrogen-bond donors (Lipinski definition) is 0. The Morgan fingerprint density at radius 1 is 1.31 bits per heavy atom. The van der Waals surface area contributed by atoms with Crippen molar-refractivity contribution in [1.82, 2.24) is 0 Å². The lowest BCUT2D eigenvalue weighted by molar-refractivity contribution is -0.154. The van der Waals surface area contributed by atoms with Crippen molar-refractivity contribution in [3.63, 3.8) is 0 Å². The van der Waals surface area contributed by atoms with Gasteiger partial charge in [-0.05, 0) is 82.9 Å². The van der Waals surface area contributed by atoms with Gasteiger partial charge in [-0.25, -0.2) is 0 Å². The molecular formula is C23H37NO2. The highest BCUT2D eigenvalue weighted by molar-refractivity contribution is 5.73. The molecule has 0 heterocycles. The fourth-order valence-electron chi connectivity index (χ4n) is 3.23. The van der Waals surface area contributed by atoms with E-state index in [0.717, 1.165) is 0 Å². The summed E-state index contributed by atoms with van der Waals surface area (Å²) in [7, 11) is 0. The maximum Gasteiger partial charge on any atom is 0.306 e. The highest BCUT2D eigenvalue weighted by Gasteiger charge is 2.26. The molecule has 0 amide bonds. The van der Waals surface area contributed by atoms with E-state index in [1.165, 1.54) is 36.0 Å². The Bertz CT molecular complexity index is 598. The van der Waals surface area contributed by atoms with Crippen LogP contribution in [0.3, 0.4) is 0 Å². The minimum atomic E-state index is -0.409. The van der Waals surface area contributed by atoms with Gasteiger partial charge in [0.15, 0.2) is 0 Å². The minimum absolute atomic E-state index is 0.152. The Labute approximate surface area is 160 Å². The van der Waals surface area contributed by atoms with Crippen LogP contribution < -0.4 is 0 Å². The van der Waals surface area contributed by atoms with Gasteiger partial charge in [-0.15, -0.1) is 0 Å². The molecule has 0 saturated heterocycles. The molecule has 0 aromatic carbocycles. The number of carbonyl (C=O) groups excluding carboxylic acids is 1. The third kappa shape index (κ3) is 8.64. The van der Waals surface area contributed by atoms with E-state index in [0.29, 0.717) is 19.4 Å². The van der Waals surface area contributed by atoms with E-state index >= 15 is 0 Å². The van der Waals surface area contributed by atoms with Crippen molar-refractivity contribution >= 4 is 12.2 Å². The average Bonchev–Trinajstić information content (AvgIpc) is 2.47. The van der Waals surface area contributed by atoms with Gasteiger partial charge in [-0.1, -0.05) is 31.6 Å². The van der Waals surface area contributed by atoms with Crippen LogP contribution in [0.25, 0.3) is 0 Å². The van der Waals surface area contributed by atoms with E-state index in [1.807, 2.05) is 33.1 Å². The summed E-state index contributed by atoms with van der Waals surface area (Å²) in [6.45, 7) is 15.3. The predicted octanol–water partition coefficient (Wildman–Crippen LogP) is 6.21. The monoisotopic (exact) mass is 359 g/mol. The Balaban J connectivity index is 2.44. The fraction of sp³-hybridized carbons (Fsp3) is 0.652. The van der Waals surface area contributed by atoms with Crippen molar-refractivity contribution in [2.24, 2.45) is 10.4 Å². The summed E-state index contributed by atoms with van der Waals surface area (Å²) in [5.74, 6) is -0.152. The number of nitrogens with zero attached hydrogens (tertiary/aromatic N) is 1. The molecule has 3 heteroatoms. The standard InChI is InChI=1S/C23H37NO2/c1-18(12-13-20-19(2)10-8-15-23(20,6)7)14-17-24-16-9-11-21(25)26-22(3,4)5/h12-14,17H,8-11,15-16H2,1-7H3/b13-12+,18-14+,24-17?. The van der Waals surface area contributed by atoms with Crippen LogP contribution in [0.15, 0.2) is 39.9 Å². The highest BCUT2D eigenvalue weighted by atomic mass is 16.6.